The predicted molar refractivity (Wildman–Crippen MR) is 574 cm³/mol. The van der Waals surface area contributed by atoms with Crippen molar-refractivity contribution < 1.29 is 4.79 Å². The van der Waals surface area contributed by atoms with Crippen molar-refractivity contribution in [2.45, 2.75) is 96.3 Å². The number of ketones is 1. The van der Waals surface area contributed by atoms with Crippen molar-refractivity contribution in [1.82, 2.24) is 79.6 Å². The Morgan fingerprint density at radius 2 is 0.741 bits per heavy atom. The van der Waals surface area contributed by atoms with Crippen molar-refractivity contribution in [3.63, 3.8) is 0 Å². The average molecular weight is 1860 g/mol. The number of aromatic nitrogens is 16. The Hall–Kier alpha value is -18.2. The monoisotopic (exact) mass is 1860 g/mol. The Balaban J connectivity index is 0.000000105. The van der Waals surface area contributed by atoms with Gasteiger partial charge in [0.15, 0.2) is 5.78 Å². The summed E-state index contributed by atoms with van der Waals surface area (Å²) in [7, 11) is 0. The molecule has 694 valence electrons. The van der Waals surface area contributed by atoms with Gasteiger partial charge in [0.25, 0.3) is 5.56 Å². The third kappa shape index (κ3) is 24.2. The minimum Gasteiger partial charge on any atom is -0.326 e. The molecule has 0 aliphatic carbocycles. The third-order valence-corrected chi connectivity index (χ3v) is 24.8. The minimum absolute atomic E-state index is 0.0143. The van der Waals surface area contributed by atoms with Gasteiger partial charge >= 0.3 is 0 Å². The number of carbonyl (C=O) groups is 1. The zero-order valence-corrected chi connectivity index (χ0v) is 78.6. The molecule has 0 unspecified atom stereocenters. The van der Waals surface area contributed by atoms with E-state index >= 15 is 0 Å². The molecule has 12 aromatic carbocycles. The van der Waals surface area contributed by atoms with Crippen LogP contribution in [0.2, 0.25) is 0 Å². The summed E-state index contributed by atoms with van der Waals surface area (Å²) < 4.78 is 1.90. The number of hydrogen-bond donors (Lipinski definition) is 1. The molecule has 3 aliphatic heterocycles. The van der Waals surface area contributed by atoms with Crippen molar-refractivity contribution in [3.05, 3.63) is 486 Å². The van der Waals surface area contributed by atoms with E-state index in [4.69, 9.17) is 19.9 Å². The highest BCUT2D eigenvalue weighted by atomic mass is 16.1. The molecule has 22 heteroatoms. The van der Waals surface area contributed by atoms with E-state index in [1.54, 1.807) is 0 Å². The summed E-state index contributed by atoms with van der Waals surface area (Å²) in [4.78, 5) is 96.5. The van der Waals surface area contributed by atoms with Crippen LogP contribution in [-0.4, -0.2) is 108 Å². The second kappa shape index (κ2) is 45.4. The number of aromatic amines is 1. The summed E-state index contributed by atoms with van der Waals surface area (Å²) in [5.41, 5.74) is 32.6. The summed E-state index contributed by atoms with van der Waals surface area (Å²) >= 11 is 0. The van der Waals surface area contributed by atoms with Gasteiger partial charge in [-0.15, -0.1) is 0 Å². The standard InChI is InChI=1S/C22H16N4.C21H17N3.C21H18N2O.C20H17N3O.C19H16N4.C18H14N4/c1-2-6-20-19(5-1)24-14-18(25-20)12-11-17-10-9-16-8-7-15-4-3-13-23-21(15)22(16)26-17;1-2-7-16(8-3-1)19-12-6-9-17(23-19)13-14-18-15-22-20-10-4-5-11-21(20)24-18;24-21-19-9-5-4-8-16(19)14-18(23-21)11-10-17-12-13-20(22-17)15-6-2-1-3-7-15;24-20-13-15(21-18-9-5-4-8-17(18)20)10-11-16-12-19(23-22-16)14-6-2-1-3-7-14;1-2-6-17(7-3-1)23-13-12-15(22-23)10-11-16-14-20-18-8-4-5-9-19(18)21-16;1-3-7-17-15(5-1)19-11-13(21-17)9-10-14-12-20-16-6-2-4-8-18(16)22-14/h1-10,13-14H,11-12H2;1-12,15H,13-14H2;1-9,13-14H,10-12H2,(H,23,24);1-9H,10-13H2;1-9,12-14H,10-11H2;1-8,11-12H,9-10H2. The molecule has 0 bridgehead atoms. The maximum atomic E-state index is 12.2. The Kier molecular flexibility index (Phi) is 29.4. The lowest BCUT2D eigenvalue weighted by atomic mass is 9.96. The van der Waals surface area contributed by atoms with Crippen molar-refractivity contribution >= 4 is 128 Å². The van der Waals surface area contributed by atoms with Gasteiger partial charge in [0.1, 0.15) is 0 Å². The Labute approximate surface area is 826 Å². The van der Waals surface area contributed by atoms with Gasteiger partial charge in [-0.2, -0.15) is 15.3 Å². The number of fused-ring (bicyclic) bond motifs is 10. The van der Waals surface area contributed by atoms with Gasteiger partial charge in [-0.25, -0.2) is 29.6 Å². The highest BCUT2D eigenvalue weighted by Crippen LogP contribution is 2.31. The molecule has 22 aromatic rings. The molecule has 0 saturated heterocycles. The molecular formula is C121H98N20O2. The first-order valence-electron chi connectivity index (χ1n) is 48.2. The number of hydrogen-bond acceptors (Lipinski definition) is 20. The molecule has 0 atom stereocenters. The number of nitrogens with one attached hydrogen (secondary N) is 1. The zero-order chi connectivity index (χ0) is 96.5. The lowest BCUT2D eigenvalue weighted by Gasteiger charge is -2.14. The third-order valence-electron chi connectivity index (χ3n) is 24.8. The molecule has 0 radical (unpaired) electrons. The van der Waals surface area contributed by atoms with Crippen LogP contribution in [0.15, 0.2) is 432 Å². The van der Waals surface area contributed by atoms with Gasteiger partial charge in [-0.3, -0.25) is 59.4 Å². The van der Waals surface area contributed by atoms with E-state index in [1.165, 1.54) is 5.71 Å². The smallest absolute Gasteiger partial charge is 0.256 e. The molecule has 13 heterocycles. The minimum atomic E-state index is -0.0143. The van der Waals surface area contributed by atoms with Gasteiger partial charge in [0, 0.05) is 124 Å². The van der Waals surface area contributed by atoms with Crippen molar-refractivity contribution in [2.24, 2.45) is 20.2 Å². The number of nitrogens with zero attached hydrogens (tertiary/aromatic N) is 19. The van der Waals surface area contributed by atoms with Crippen LogP contribution in [-0.2, 0) is 57.8 Å². The first-order chi connectivity index (χ1) is 70.6. The van der Waals surface area contributed by atoms with Crippen LogP contribution in [0, 0.1) is 0 Å². The van der Waals surface area contributed by atoms with Crippen LogP contribution < -0.4 is 5.56 Å². The van der Waals surface area contributed by atoms with E-state index in [1.807, 2.05) is 309 Å². The fourth-order valence-corrected chi connectivity index (χ4v) is 17.3. The maximum absolute atomic E-state index is 12.2. The van der Waals surface area contributed by atoms with Gasteiger partial charge in [0.05, 0.1) is 129 Å². The molecule has 10 aromatic heterocycles. The molecular weight excluding hydrogens is 1770 g/mol. The molecule has 0 fully saturated rings. The summed E-state index contributed by atoms with van der Waals surface area (Å²) in [6.07, 6.45) is 27.2. The van der Waals surface area contributed by atoms with Crippen molar-refractivity contribution in [1.29, 1.82) is 0 Å². The number of aryl methyl sites for hydroxylation is 9. The Morgan fingerprint density at radius 3 is 1.31 bits per heavy atom. The molecule has 0 spiro atoms. The fraction of sp³-hybridized carbons (Fsp3) is 0.124. The van der Waals surface area contributed by atoms with E-state index in [2.05, 4.69) is 178 Å². The van der Waals surface area contributed by atoms with Crippen LogP contribution in [0.5, 0.6) is 0 Å². The topological polar surface area (TPSA) is 285 Å². The number of rotatable bonds is 22. The molecule has 25 rings (SSSR count). The number of Topliss-reactive ketones (excluding diaryl/α,β-unsaturated/α-hetero) is 1. The van der Waals surface area contributed by atoms with Gasteiger partial charge < -0.3 is 4.98 Å². The van der Waals surface area contributed by atoms with Crippen LogP contribution in [0.25, 0.3) is 110 Å². The number of H-pyrrole nitrogens is 1. The summed E-state index contributed by atoms with van der Waals surface area (Å²) in [5, 5.41) is 17.2. The van der Waals surface area contributed by atoms with E-state index in [0.717, 1.165) is 291 Å². The van der Waals surface area contributed by atoms with Crippen LogP contribution in [0.1, 0.15) is 111 Å². The highest BCUT2D eigenvalue weighted by Gasteiger charge is 2.23. The number of aliphatic imine (C=N–C) groups is 2. The first-order valence-corrected chi connectivity index (χ1v) is 48.2. The van der Waals surface area contributed by atoms with Crippen molar-refractivity contribution in [3.8, 4) is 16.9 Å². The van der Waals surface area contributed by atoms with Crippen molar-refractivity contribution in [2.75, 3.05) is 0 Å². The molecule has 0 saturated carbocycles. The van der Waals surface area contributed by atoms with Crippen LogP contribution >= 0.6 is 0 Å². The Bertz CT molecular complexity index is 8450. The molecule has 1 N–H and O–H groups in total. The van der Waals surface area contributed by atoms with Gasteiger partial charge in [-0.05, 0) is 221 Å². The second-order valence-corrected chi connectivity index (χ2v) is 34.8. The number of benzene rings is 12. The Morgan fingerprint density at radius 1 is 0.294 bits per heavy atom. The normalized spacial score (nSPS) is 12.4. The zero-order valence-electron chi connectivity index (χ0n) is 78.6. The maximum Gasteiger partial charge on any atom is 0.256 e. The molecule has 22 nitrogen and oxygen atoms in total. The fourth-order valence-electron chi connectivity index (χ4n) is 17.3. The van der Waals surface area contributed by atoms with E-state index in [9.17, 15) is 9.59 Å². The summed E-state index contributed by atoms with van der Waals surface area (Å²) in [5.74, 6) is 0.158. The first kappa shape index (κ1) is 92.5. The largest absolute Gasteiger partial charge is 0.326 e. The SMILES string of the molecule is O=C1CC(CCC2=NN=C(c3ccccc3)C2)=Nc2ccccc21.O=c1[nH]c(CCC2=NC(c3ccccc3)=CC2)cc2ccccc12.c1ccc(-c2cccc(CCc3cnc4ccccc4n3)n2)cc1.c1ccc(-n2ccc(CCc3cnc4ccccc4n3)n2)cc1.c1ccc2nc(CCc3cnc4ccccc4n3)cnc2c1.c1cnc2c(c1)ccc1ccc(CCc3cnc4ccccc4n3)nc12. The van der Waals surface area contributed by atoms with Crippen LogP contribution in [0.4, 0.5) is 5.69 Å². The van der Waals surface area contributed by atoms with Crippen LogP contribution in [0.3, 0.4) is 0 Å². The second-order valence-electron chi connectivity index (χ2n) is 34.8. The number of para-hydroxylation sites is 12. The highest BCUT2D eigenvalue weighted by molar-refractivity contribution is 6.18. The number of pyridine rings is 4. The number of carbonyl (C=O) groups excluding carboxylic acids is 1. The lowest BCUT2D eigenvalue weighted by molar-refractivity contribution is 0.0999. The van der Waals surface area contributed by atoms with Gasteiger partial charge in [-0.1, -0.05) is 237 Å². The molecule has 143 heavy (non-hydrogen) atoms. The molecule has 0 amide bonds. The quantitative estimate of drug-likeness (QED) is 0.0617. The van der Waals surface area contributed by atoms with E-state index in [0.29, 0.717) is 6.42 Å². The summed E-state index contributed by atoms with van der Waals surface area (Å²) in [6, 6.07) is 118. The number of allylic oxidation sites excluding steroid dienone is 1. The van der Waals surface area contributed by atoms with E-state index < -0.39 is 0 Å². The predicted octanol–water partition coefficient (Wildman–Crippen LogP) is 24.7. The van der Waals surface area contributed by atoms with Gasteiger partial charge in [0.2, 0.25) is 0 Å². The summed E-state index contributed by atoms with van der Waals surface area (Å²) in [6.45, 7) is 0. The van der Waals surface area contributed by atoms with E-state index in [-0.39, 0.29) is 11.3 Å². The average Bonchev–Trinajstić information content (AvgIpc) is 1.79. The molecule has 3 aliphatic rings. The lowest BCUT2D eigenvalue weighted by Crippen LogP contribution is -2.14.